The molecule has 1 aromatic rings. The van der Waals surface area contributed by atoms with Crippen molar-refractivity contribution < 1.29 is 8.42 Å². The van der Waals surface area contributed by atoms with Crippen LogP contribution in [-0.4, -0.2) is 21.0 Å². The van der Waals surface area contributed by atoms with Gasteiger partial charge in [0.25, 0.3) is 0 Å². The van der Waals surface area contributed by atoms with E-state index < -0.39 is 9.84 Å². The topological polar surface area (TPSA) is 84.9 Å². The van der Waals surface area contributed by atoms with Crippen molar-refractivity contribution in [1.29, 1.82) is 0 Å². The van der Waals surface area contributed by atoms with Crippen LogP contribution < -0.4 is 5.73 Å². The Kier molecular flexibility index (Phi) is 5.85. The molecule has 0 aliphatic carbocycles. The van der Waals surface area contributed by atoms with Crippen LogP contribution in [0.5, 0.6) is 0 Å². The van der Waals surface area contributed by atoms with Crippen LogP contribution in [0.25, 0.3) is 0 Å². The Morgan fingerprint density at radius 3 is 2.74 bits per heavy atom. The Labute approximate surface area is 114 Å². The van der Waals surface area contributed by atoms with Crippen LogP contribution in [0, 0.1) is 0 Å². The Morgan fingerprint density at radius 1 is 1.42 bits per heavy atom. The Morgan fingerprint density at radius 2 is 2.11 bits per heavy atom. The minimum absolute atomic E-state index is 0.0167. The predicted molar refractivity (Wildman–Crippen MR) is 76.1 cm³/mol. The quantitative estimate of drug-likeness (QED) is 0.780. The molecule has 0 spiro atoms. The molecule has 0 saturated carbocycles. The number of nitrogens with zero attached hydrogens (tertiary/aromatic N) is 2. The van der Waals surface area contributed by atoms with Crippen molar-refractivity contribution in [3.8, 4) is 0 Å². The van der Waals surface area contributed by atoms with E-state index in [0.717, 1.165) is 18.2 Å². The highest BCUT2D eigenvalue weighted by atomic mass is 32.2. The summed E-state index contributed by atoms with van der Waals surface area (Å²) >= 11 is 0. The molecular weight excluding hydrogens is 262 g/mol. The van der Waals surface area contributed by atoms with Gasteiger partial charge in [-0.3, -0.25) is 0 Å². The fourth-order valence-electron chi connectivity index (χ4n) is 1.50. The summed E-state index contributed by atoms with van der Waals surface area (Å²) in [6, 6.07) is 6.50. The SMILES string of the molecule is C=CS(=O)(=O)c1ccccc1N=NC(C)CCCN. The average molecular weight is 281 g/mol. The highest BCUT2D eigenvalue weighted by Gasteiger charge is 2.14. The number of rotatable bonds is 7. The molecule has 0 saturated heterocycles. The molecule has 1 aromatic carbocycles. The third-order valence-corrected chi connectivity index (χ3v) is 3.98. The van der Waals surface area contributed by atoms with E-state index in [2.05, 4.69) is 16.8 Å². The third-order valence-electron chi connectivity index (χ3n) is 2.58. The van der Waals surface area contributed by atoms with Crippen molar-refractivity contribution in [1.82, 2.24) is 0 Å². The first-order chi connectivity index (χ1) is 9.01. The molecule has 1 rings (SSSR count). The molecule has 2 N–H and O–H groups in total. The minimum atomic E-state index is -3.50. The van der Waals surface area contributed by atoms with Gasteiger partial charge in [0.1, 0.15) is 5.69 Å². The van der Waals surface area contributed by atoms with Gasteiger partial charge in [0, 0.05) is 5.41 Å². The summed E-state index contributed by atoms with van der Waals surface area (Å²) in [4.78, 5) is 0.125. The van der Waals surface area contributed by atoms with Crippen molar-refractivity contribution in [2.45, 2.75) is 30.7 Å². The lowest BCUT2D eigenvalue weighted by atomic mass is 10.2. The van der Waals surface area contributed by atoms with Crippen LogP contribution >= 0.6 is 0 Å². The second-order valence-corrected chi connectivity index (χ2v) is 6.04. The summed E-state index contributed by atoms with van der Waals surface area (Å²) in [6.07, 6.45) is 1.70. The first-order valence-corrected chi connectivity index (χ1v) is 7.63. The molecule has 0 bridgehead atoms. The monoisotopic (exact) mass is 281 g/mol. The number of hydrogen-bond donors (Lipinski definition) is 1. The molecule has 104 valence electrons. The van der Waals surface area contributed by atoms with Crippen LogP contribution in [0.15, 0.2) is 51.4 Å². The maximum Gasteiger partial charge on any atom is 0.201 e. The normalized spacial score (nSPS) is 13.6. The van der Waals surface area contributed by atoms with E-state index in [9.17, 15) is 8.42 Å². The van der Waals surface area contributed by atoms with Crippen LogP contribution in [0.3, 0.4) is 0 Å². The lowest BCUT2D eigenvalue weighted by Gasteiger charge is -2.05. The van der Waals surface area contributed by atoms with Crippen LogP contribution in [0.1, 0.15) is 19.8 Å². The molecule has 6 heteroatoms. The van der Waals surface area contributed by atoms with Crippen LogP contribution in [0.4, 0.5) is 5.69 Å². The third kappa shape index (κ3) is 4.57. The molecule has 0 aromatic heterocycles. The Hall–Kier alpha value is -1.53. The molecule has 19 heavy (non-hydrogen) atoms. The van der Waals surface area contributed by atoms with Gasteiger partial charge in [-0.05, 0) is 38.4 Å². The molecule has 0 heterocycles. The van der Waals surface area contributed by atoms with Gasteiger partial charge in [-0.25, -0.2) is 8.42 Å². The lowest BCUT2D eigenvalue weighted by Crippen LogP contribution is -2.04. The molecule has 0 aliphatic rings. The number of sulfone groups is 1. The summed E-state index contributed by atoms with van der Waals surface area (Å²) in [5, 5.41) is 9.06. The summed E-state index contributed by atoms with van der Waals surface area (Å²) in [5.74, 6) is 0. The van der Waals surface area contributed by atoms with Crippen molar-refractivity contribution in [2.24, 2.45) is 16.0 Å². The lowest BCUT2D eigenvalue weighted by molar-refractivity contribution is 0.602. The van der Waals surface area contributed by atoms with Gasteiger partial charge in [0.15, 0.2) is 0 Å². The number of benzene rings is 1. The molecule has 1 atom stereocenters. The zero-order valence-electron chi connectivity index (χ0n) is 11.0. The van der Waals surface area contributed by atoms with E-state index in [4.69, 9.17) is 5.73 Å². The molecule has 0 amide bonds. The van der Waals surface area contributed by atoms with Crippen LogP contribution in [-0.2, 0) is 9.84 Å². The van der Waals surface area contributed by atoms with Gasteiger partial charge in [-0.15, -0.1) is 0 Å². The average Bonchev–Trinajstić information content (AvgIpc) is 2.43. The van der Waals surface area contributed by atoms with Gasteiger partial charge in [0.05, 0.1) is 10.9 Å². The molecule has 1 unspecified atom stereocenters. The first-order valence-electron chi connectivity index (χ1n) is 6.08. The van der Waals surface area contributed by atoms with E-state index in [1.165, 1.54) is 6.07 Å². The number of azo groups is 1. The van der Waals surface area contributed by atoms with Crippen molar-refractivity contribution in [3.05, 3.63) is 36.3 Å². The van der Waals surface area contributed by atoms with Gasteiger partial charge in [-0.1, -0.05) is 18.7 Å². The zero-order chi connectivity index (χ0) is 14.3. The van der Waals surface area contributed by atoms with Gasteiger partial charge >= 0.3 is 0 Å². The fraction of sp³-hybridized carbons (Fsp3) is 0.385. The zero-order valence-corrected chi connectivity index (χ0v) is 11.8. The van der Waals surface area contributed by atoms with Crippen molar-refractivity contribution >= 4 is 15.5 Å². The second kappa shape index (κ2) is 7.16. The fourth-order valence-corrected chi connectivity index (χ4v) is 2.35. The Bertz CT molecular complexity index is 553. The van der Waals surface area contributed by atoms with E-state index >= 15 is 0 Å². The molecule has 5 nitrogen and oxygen atoms in total. The first kappa shape index (κ1) is 15.5. The summed E-state index contributed by atoms with van der Waals surface area (Å²) in [5.41, 5.74) is 5.76. The molecular formula is C13H19N3O2S. The van der Waals surface area contributed by atoms with E-state index in [0.29, 0.717) is 12.2 Å². The largest absolute Gasteiger partial charge is 0.330 e. The second-order valence-electron chi connectivity index (χ2n) is 4.17. The van der Waals surface area contributed by atoms with E-state index in [1.54, 1.807) is 18.2 Å². The summed E-state index contributed by atoms with van der Waals surface area (Å²) in [6.45, 7) is 5.84. The molecule has 0 radical (unpaired) electrons. The summed E-state index contributed by atoms with van der Waals surface area (Å²) in [7, 11) is -3.50. The van der Waals surface area contributed by atoms with Crippen molar-refractivity contribution in [3.63, 3.8) is 0 Å². The maximum absolute atomic E-state index is 11.8. The van der Waals surface area contributed by atoms with E-state index in [-0.39, 0.29) is 10.9 Å². The maximum atomic E-state index is 11.8. The standard InChI is InChI=1S/C13H19N3O2S/c1-3-19(17,18)13-9-5-4-8-12(13)16-15-11(2)7-6-10-14/h3-5,8-9,11H,1,6-7,10,14H2,2H3. The van der Waals surface area contributed by atoms with Crippen LogP contribution in [0.2, 0.25) is 0 Å². The summed E-state index contributed by atoms with van der Waals surface area (Å²) < 4.78 is 23.6. The highest BCUT2D eigenvalue weighted by Crippen LogP contribution is 2.26. The molecule has 0 aliphatic heterocycles. The van der Waals surface area contributed by atoms with Gasteiger partial charge in [-0.2, -0.15) is 10.2 Å². The molecule has 0 fully saturated rings. The van der Waals surface area contributed by atoms with Gasteiger partial charge in [0.2, 0.25) is 9.84 Å². The minimum Gasteiger partial charge on any atom is -0.330 e. The highest BCUT2D eigenvalue weighted by molar-refractivity contribution is 7.94. The number of nitrogens with two attached hydrogens (primary N) is 1. The van der Waals surface area contributed by atoms with E-state index in [1.807, 2.05) is 6.92 Å². The Balaban J connectivity index is 2.96. The van der Waals surface area contributed by atoms with Crippen molar-refractivity contribution in [2.75, 3.05) is 6.54 Å². The predicted octanol–water partition coefficient (Wildman–Crippen LogP) is 2.81. The smallest absolute Gasteiger partial charge is 0.201 e. The van der Waals surface area contributed by atoms with Gasteiger partial charge < -0.3 is 5.73 Å². The number of hydrogen-bond acceptors (Lipinski definition) is 5.